The molecule has 1 heterocycles. The summed E-state index contributed by atoms with van der Waals surface area (Å²) in [4.78, 5) is 0. The first-order chi connectivity index (χ1) is 8.17. The molecule has 17 heavy (non-hydrogen) atoms. The quantitative estimate of drug-likeness (QED) is 0.753. The summed E-state index contributed by atoms with van der Waals surface area (Å²) in [7, 11) is 1.76. The van der Waals surface area contributed by atoms with Crippen molar-refractivity contribution >= 4 is 0 Å². The molecule has 98 valence electrons. The molecule has 1 atom stereocenters. The number of nitrogens with one attached hydrogen (secondary N) is 1. The molecule has 0 aromatic carbocycles. The van der Waals surface area contributed by atoms with E-state index in [2.05, 4.69) is 49.1 Å². The Bertz CT molecular complexity index is 307. The molecule has 1 unspecified atom stereocenters. The Labute approximate surface area is 105 Å². The minimum Gasteiger partial charge on any atom is -0.383 e. The summed E-state index contributed by atoms with van der Waals surface area (Å²) in [5, 5.41) is 3.55. The van der Waals surface area contributed by atoms with E-state index >= 15 is 0 Å². The number of aromatic nitrogens is 1. The van der Waals surface area contributed by atoms with Crippen LogP contribution in [0.4, 0.5) is 0 Å². The van der Waals surface area contributed by atoms with Gasteiger partial charge in [0.1, 0.15) is 0 Å². The van der Waals surface area contributed by atoms with Gasteiger partial charge < -0.3 is 14.6 Å². The topological polar surface area (TPSA) is 26.2 Å². The summed E-state index contributed by atoms with van der Waals surface area (Å²) >= 11 is 0. The highest BCUT2D eigenvalue weighted by Crippen LogP contribution is 2.06. The average molecular weight is 238 g/mol. The molecule has 0 fully saturated rings. The normalized spacial score (nSPS) is 13.2. The number of hydrogen-bond donors (Lipinski definition) is 1. The van der Waals surface area contributed by atoms with Crippen LogP contribution in [0.3, 0.4) is 0 Å². The lowest BCUT2D eigenvalue weighted by molar-refractivity contribution is 0.146. The molecule has 0 amide bonds. The van der Waals surface area contributed by atoms with Gasteiger partial charge in [-0.25, -0.2) is 0 Å². The molecule has 3 heteroatoms. The lowest BCUT2D eigenvalue weighted by Gasteiger charge is -2.21. The molecule has 0 saturated carbocycles. The molecular formula is C14H26N2O. The number of nitrogens with zero attached hydrogens (tertiary/aromatic N) is 1. The molecular weight excluding hydrogens is 212 g/mol. The maximum atomic E-state index is 5.23. The summed E-state index contributed by atoms with van der Waals surface area (Å²) in [5.74, 6) is 0.590. The Morgan fingerprint density at radius 3 is 2.76 bits per heavy atom. The second-order valence-electron chi connectivity index (χ2n) is 4.94. The monoisotopic (exact) mass is 238 g/mol. The minimum absolute atomic E-state index is 0.425. The van der Waals surface area contributed by atoms with Crippen molar-refractivity contribution in [3.05, 3.63) is 24.0 Å². The SMILES string of the molecule is CCCn1ccc(CNC(COC)C(C)C)c1. The zero-order valence-corrected chi connectivity index (χ0v) is 11.6. The van der Waals surface area contributed by atoms with E-state index in [0.717, 1.165) is 19.7 Å². The van der Waals surface area contributed by atoms with E-state index in [9.17, 15) is 0 Å². The van der Waals surface area contributed by atoms with E-state index in [1.54, 1.807) is 7.11 Å². The van der Waals surface area contributed by atoms with Crippen molar-refractivity contribution in [3.63, 3.8) is 0 Å². The number of methoxy groups -OCH3 is 1. The average Bonchev–Trinajstić information content (AvgIpc) is 2.72. The standard InChI is InChI=1S/C14H26N2O/c1-5-7-16-8-6-13(10-16)9-15-14(11-17-4)12(2)3/h6,8,10,12,14-15H,5,7,9,11H2,1-4H3. The number of aryl methyl sites for hydroxylation is 1. The van der Waals surface area contributed by atoms with Crippen LogP contribution in [0.1, 0.15) is 32.8 Å². The van der Waals surface area contributed by atoms with Crippen LogP contribution in [0, 0.1) is 5.92 Å². The first kappa shape index (κ1) is 14.3. The summed E-state index contributed by atoms with van der Waals surface area (Å²) in [6.45, 7) is 9.44. The molecule has 0 saturated heterocycles. The molecule has 0 radical (unpaired) electrons. The maximum Gasteiger partial charge on any atom is 0.0618 e. The van der Waals surface area contributed by atoms with Gasteiger partial charge in [-0.2, -0.15) is 0 Å². The summed E-state index contributed by atoms with van der Waals surface area (Å²) < 4.78 is 7.48. The lowest BCUT2D eigenvalue weighted by atomic mass is 10.1. The van der Waals surface area contributed by atoms with Gasteiger partial charge in [0.25, 0.3) is 0 Å². The van der Waals surface area contributed by atoms with Gasteiger partial charge in [0.15, 0.2) is 0 Å². The summed E-state index contributed by atoms with van der Waals surface area (Å²) in [6.07, 6.45) is 5.56. The summed E-state index contributed by atoms with van der Waals surface area (Å²) in [5.41, 5.74) is 1.35. The molecule has 1 aromatic rings. The van der Waals surface area contributed by atoms with Crippen molar-refractivity contribution in [2.75, 3.05) is 13.7 Å². The van der Waals surface area contributed by atoms with Crippen molar-refractivity contribution in [2.24, 2.45) is 5.92 Å². The molecule has 1 aromatic heterocycles. The molecule has 3 nitrogen and oxygen atoms in total. The third kappa shape index (κ3) is 4.92. The Morgan fingerprint density at radius 1 is 1.41 bits per heavy atom. The van der Waals surface area contributed by atoms with Crippen LogP contribution in [-0.4, -0.2) is 24.3 Å². The number of hydrogen-bond acceptors (Lipinski definition) is 2. The van der Waals surface area contributed by atoms with Gasteiger partial charge in [0.2, 0.25) is 0 Å². The van der Waals surface area contributed by atoms with Crippen molar-refractivity contribution in [1.29, 1.82) is 0 Å². The number of rotatable bonds is 8. The van der Waals surface area contributed by atoms with Crippen LogP contribution >= 0.6 is 0 Å². The molecule has 0 bridgehead atoms. The molecule has 0 aliphatic heterocycles. The Kier molecular flexibility index (Phi) is 6.30. The molecule has 1 rings (SSSR count). The lowest BCUT2D eigenvalue weighted by Crippen LogP contribution is -2.37. The van der Waals surface area contributed by atoms with Crippen LogP contribution < -0.4 is 5.32 Å². The first-order valence-electron chi connectivity index (χ1n) is 6.54. The van der Waals surface area contributed by atoms with Crippen LogP contribution in [0.15, 0.2) is 18.5 Å². The van der Waals surface area contributed by atoms with Crippen molar-refractivity contribution in [3.8, 4) is 0 Å². The van der Waals surface area contributed by atoms with Crippen LogP contribution in [0.5, 0.6) is 0 Å². The fraction of sp³-hybridized carbons (Fsp3) is 0.714. The van der Waals surface area contributed by atoms with Gasteiger partial charge in [0.05, 0.1) is 6.61 Å². The Morgan fingerprint density at radius 2 is 2.18 bits per heavy atom. The number of ether oxygens (including phenoxy) is 1. The zero-order chi connectivity index (χ0) is 12.7. The predicted molar refractivity (Wildman–Crippen MR) is 72.1 cm³/mol. The Hall–Kier alpha value is -0.800. The third-order valence-corrected chi connectivity index (χ3v) is 3.01. The van der Waals surface area contributed by atoms with E-state index in [4.69, 9.17) is 4.74 Å². The highest BCUT2D eigenvalue weighted by atomic mass is 16.5. The highest BCUT2D eigenvalue weighted by molar-refractivity contribution is 5.10. The van der Waals surface area contributed by atoms with Gasteiger partial charge in [-0.15, -0.1) is 0 Å². The maximum absolute atomic E-state index is 5.23. The Balaban J connectivity index is 2.41. The third-order valence-electron chi connectivity index (χ3n) is 3.01. The predicted octanol–water partition coefficient (Wildman–Crippen LogP) is 2.66. The summed E-state index contributed by atoms with van der Waals surface area (Å²) in [6, 6.07) is 2.61. The molecule has 0 aliphatic rings. The van der Waals surface area contributed by atoms with Crippen LogP contribution in [0.2, 0.25) is 0 Å². The first-order valence-corrected chi connectivity index (χ1v) is 6.54. The molecule has 0 spiro atoms. The highest BCUT2D eigenvalue weighted by Gasteiger charge is 2.12. The van der Waals surface area contributed by atoms with Gasteiger partial charge in [-0.1, -0.05) is 20.8 Å². The fourth-order valence-corrected chi connectivity index (χ4v) is 1.91. The van der Waals surface area contributed by atoms with Gasteiger partial charge in [-0.05, 0) is 24.0 Å². The van der Waals surface area contributed by atoms with E-state index in [-0.39, 0.29) is 0 Å². The van der Waals surface area contributed by atoms with Gasteiger partial charge in [-0.3, -0.25) is 0 Å². The second kappa shape index (κ2) is 7.51. The van der Waals surface area contributed by atoms with E-state index in [1.807, 2.05) is 0 Å². The van der Waals surface area contributed by atoms with E-state index in [1.165, 1.54) is 12.0 Å². The zero-order valence-electron chi connectivity index (χ0n) is 11.6. The molecule has 0 aliphatic carbocycles. The second-order valence-corrected chi connectivity index (χ2v) is 4.94. The van der Waals surface area contributed by atoms with Crippen molar-refractivity contribution < 1.29 is 4.74 Å². The van der Waals surface area contributed by atoms with Crippen molar-refractivity contribution in [1.82, 2.24) is 9.88 Å². The van der Waals surface area contributed by atoms with Gasteiger partial charge >= 0.3 is 0 Å². The van der Waals surface area contributed by atoms with E-state index in [0.29, 0.717) is 12.0 Å². The smallest absolute Gasteiger partial charge is 0.0618 e. The largest absolute Gasteiger partial charge is 0.383 e. The fourth-order valence-electron chi connectivity index (χ4n) is 1.91. The van der Waals surface area contributed by atoms with Crippen LogP contribution in [0.25, 0.3) is 0 Å². The van der Waals surface area contributed by atoms with Crippen LogP contribution in [-0.2, 0) is 17.8 Å². The molecule has 1 N–H and O–H groups in total. The van der Waals surface area contributed by atoms with Crippen molar-refractivity contribution in [2.45, 2.75) is 46.3 Å². The minimum atomic E-state index is 0.425. The van der Waals surface area contributed by atoms with Gasteiger partial charge in [0, 0.05) is 38.6 Å². The van der Waals surface area contributed by atoms with E-state index < -0.39 is 0 Å².